The number of ether oxygens (including phenoxy) is 1. The average Bonchev–Trinajstić information content (AvgIpc) is 3.42. The molecule has 3 aromatic heterocycles. The zero-order valence-electron chi connectivity index (χ0n) is 18.5. The Kier molecular flexibility index (Phi) is 6.43. The Bertz CT molecular complexity index is 1600. The third-order valence-corrected chi connectivity index (χ3v) is 5.91. The second-order valence-corrected chi connectivity index (χ2v) is 8.47. The molecule has 0 radical (unpaired) electrons. The molecule has 0 spiro atoms. The van der Waals surface area contributed by atoms with Crippen LogP contribution in [0.1, 0.15) is 0 Å². The summed E-state index contributed by atoms with van der Waals surface area (Å²) < 4.78 is 73.5. The number of carbonyl (C=O) groups excluding carboxylic acids is 1. The van der Waals surface area contributed by atoms with Crippen LogP contribution in [0.5, 0.6) is 5.75 Å². The summed E-state index contributed by atoms with van der Waals surface area (Å²) in [5, 5.41) is 3.82. The van der Waals surface area contributed by atoms with E-state index in [9.17, 15) is 36.3 Å². The van der Waals surface area contributed by atoms with Gasteiger partial charge in [0, 0.05) is 31.2 Å². The molecule has 4 aromatic rings. The third kappa shape index (κ3) is 4.73. The molecule has 4 rings (SSSR count). The molecular formula is C21H16F5N5O4S. The van der Waals surface area contributed by atoms with E-state index >= 15 is 0 Å². The molecule has 0 aliphatic heterocycles. The summed E-state index contributed by atoms with van der Waals surface area (Å²) in [5.41, 5.74) is -1.04. The van der Waals surface area contributed by atoms with Crippen molar-refractivity contribution < 1.29 is 31.5 Å². The van der Waals surface area contributed by atoms with Crippen molar-refractivity contribution in [3.05, 3.63) is 62.2 Å². The van der Waals surface area contributed by atoms with Crippen LogP contribution in [0.15, 0.2) is 39.4 Å². The van der Waals surface area contributed by atoms with Gasteiger partial charge in [-0.3, -0.25) is 18.7 Å². The predicted molar refractivity (Wildman–Crippen MR) is 120 cm³/mol. The van der Waals surface area contributed by atoms with Crippen molar-refractivity contribution in [2.45, 2.75) is 12.7 Å². The van der Waals surface area contributed by atoms with Gasteiger partial charge in [-0.25, -0.2) is 18.6 Å². The number of amides is 1. The van der Waals surface area contributed by atoms with Crippen LogP contribution in [0, 0.1) is 11.6 Å². The number of rotatable bonds is 6. The largest absolute Gasteiger partial charge is 0.478 e. The zero-order chi connectivity index (χ0) is 26.4. The zero-order valence-corrected chi connectivity index (χ0v) is 19.3. The number of thiazole rings is 1. The van der Waals surface area contributed by atoms with E-state index in [0.717, 1.165) is 28.0 Å². The van der Waals surface area contributed by atoms with Crippen molar-refractivity contribution in [3.8, 4) is 17.0 Å². The van der Waals surface area contributed by atoms with E-state index < -0.39 is 47.3 Å². The maximum absolute atomic E-state index is 14.7. The monoisotopic (exact) mass is 529 g/mol. The number of nitrogens with one attached hydrogen (secondary N) is 1. The van der Waals surface area contributed by atoms with Gasteiger partial charge in [0.25, 0.3) is 5.56 Å². The maximum Gasteiger partial charge on any atom is 0.422 e. The number of alkyl halides is 3. The summed E-state index contributed by atoms with van der Waals surface area (Å²) in [6.45, 7) is -2.19. The van der Waals surface area contributed by atoms with E-state index in [2.05, 4.69) is 15.0 Å². The number of anilines is 1. The standard InChI is InChI=1S/C21H16F5N5O4S/c1-29-13-5-6-31(16(13)18(33)30(2)20(29)34)7-14(32)28-19-27-12(8-36-19)10-3-4-11(22)17(15(10)23)35-9-21(24,25)26/h3-6,8H,7,9H2,1-2H3,(H,27,28,32). The fraction of sp³-hybridized carbons (Fsp3) is 0.238. The molecule has 1 amide bonds. The number of aromatic nitrogens is 4. The Labute approximate surface area is 202 Å². The molecule has 1 N–H and O–H groups in total. The van der Waals surface area contributed by atoms with E-state index in [-0.39, 0.29) is 28.5 Å². The summed E-state index contributed by atoms with van der Waals surface area (Å²) >= 11 is 0.891. The fourth-order valence-electron chi connectivity index (χ4n) is 3.45. The molecule has 0 atom stereocenters. The highest BCUT2D eigenvalue weighted by molar-refractivity contribution is 7.14. The summed E-state index contributed by atoms with van der Waals surface area (Å²) in [6, 6.07) is 3.24. The van der Waals surface area contributed by atoms with Crippen LogP contribution in [-0.2, 0) is 25.4 Å². The molecule has 0 saturated heterocycles. The Hall–Kier alpha value is -4.01. The number of hydrogen-bond acceptors (Lipinski definition) is 6. The topological polar surface area (TPSA) is 100 Å². The van der Waals surface area contributed by atoms with Gasteiger partial charge in [-0.15, -0.1) is 11.3 Å². The number of hydrogen-bond donors (Lipinski definition) is 1. The number of halogens is 5. The van der Waals surface area contributed by atoms with Crippen molar-refractivity contribution >= 4 is 33.4 Å². The lowest BCUT2D eigenvalue weighted by molar-refractivity contribution is -0.154. The minimum Gasteiger partial charge on any atom is -0.478 e. The van der Waals surface area contributed by atoms with Crippen LogP contribution < -0.4 is 21.3 Å². The van der Waals surface area contributed by atoms with E-state index in [1.165, 1.54) is 40.9 Å². The summed E-state index contributed by atoms with van der Waals surface area (Å²) in [7, 11) is 2.80. The highest BCUT2D eigenvalue weighted by Crippen LogP contribution is 2.34. The van der Waals surface area contributed by atoms with Crippen LogP contribution in [0.4, 0.5) is 27.1 Å². The number of fused-ring (bicyclic) bond motifs is 1. The van der Waals surface area contributed by atoms with Crippen LogP contribution in [0.25, 0.3) is 22.3 Å². The lowest BCUT2D eigenvalue weighted by Crippen LogP contribution is -2.37. The van der Waals surface area contributed by atoms with Gasteiger partial charge in [-0.1, -0.05) is 0 Å². The Balaban J connectivity index is 1.54. The lowest BCUT2D eigenvalue weighted by atomic mass is 10.1. The minimum atomic E-state index is -4.79. The van der Waals surface area contributed by atoms with Crippen LogP contribution in [0.3, 0.4) is 0 Å². The van der Waals surface area contributed by atoms with E-state index in [1.807, 2.05) is 0 Å². The first-order valence-corrected chi connectivity index (χ1v) is 10.9. The van der Waals surface area contributed by atoms with Gasteiger partial charge in [-0.05, 0) is 18.2 Å². The number of nitrogens with zero attached hydrogens (tertiary/aromatic N) is 4. The molecule has 9 nitrogen and oxygen atoms in total. The van der Waals surface area contributed by atoms with E-state index in [0.29, 0.717) is 5.52 Å². The molecule has 1 aromatic carbocycles. The Morgan fingerprint density at radius 1 is 1.14 bits per heavy atom. The van der Waals surface area contributed by atoms with E-state index in [4.69, 9.17) is 0 Å². The van der Waals surface area contributed by atoms with Crippen molar-refractivity contribution in [2.24, 2.45) is 14.1 Å². The highest BCUT2D eigenvalue weighted by Gasteiger charge is 2.30. The van der Waals surface area contributed by atoms with Crippen LogP contribution in [0.2, 0.25) is 0 Å². The first-order chi connectivity index (χ1) is 16.9. The molecule has 0 aliphatic rings. The predicted octanol–water partition coefficient (Wildman–Crippen LogP) is 3.02. The van der Waals surface area contributed by atoms with Gasteiger partial charge in [0.2, 0.25) is 5.91 Å². The van der Waals surface area contributed by atoms with E-state index in [1.54, 1.807) is 0 Å². The van der Waals surface area contributed by atoms with Crippen LogP contribution in [-0.4, -0.2) is 37.4 Å². The van der Waals surface area contributed by atoms with Crippen molar-refractivity contribution in [1.82, 2.24) is 18.7 Å². The van der Waals surface area contributed by atoms with Gasteiger partial charge in [-0.2, -0.15) is 13.2 Å². The molecule has 190 valence electrons. The van der Waals surface area contributed by atoms with Crippen LogP contribution >= 0.6 is 11.3 Å². The first-order valence-electron chi connectivity index (χ1n) is 10.1. The van der Waals surface area contributed by atoms with Gasteiger partial charge in [0.15, 0.2) is 29.1 Å². The number of carbonyl (C=O) groups is 1. The first kappa shape index (κ1) is 25.1. The van der Waals surface area contributed by atoms with Crippen molar-refractivity contribution in [2.75, 3.05) is 11.9 Å². The smallest absolute Gasteiger partial charge is 0.422 e. The average molecular weight is 529 g/mol. The second kappa shape index (κ2) is 9.22. The molecule has 3 heterocycles. The summed E-state index contributed by atoms with van der Waals surface area (Å²) in [5.74, 6) is -4.48. The summed E-state index contributed by atoms with van der Waals surface area (Å²) in [6.07, 6.45) is -3.33. The Morgan fingerprint density at radius 3 is 2.56 bits per heavy atom. The number of aryl methyl sites for hydroxylation is 1. The molecule has 15 heteroatoms. The molecule has 36 heavy (non-hydrogen) atoms. The minimum absolute atomic E-state index is 0.0215. The molecule has 0 unspecified atom stereocenters. The normalized spacial score (nSPS) is 11.8. The molecule has 0 saturated carbocycles. The van der Waals surface area contributed by atoms with Gasteiger partial charge < -0.3 is 14.6 Å². The van der Waals surface area contributed by atoms with Crippen molar-refractivity contribution in [3.63, 3.8) is 0 Å². The number of benzene rings is 1. The third-order valence-electron chi connectivity index (χ3n) is 5.15. The molecular weight excluding hydrogens is 513 g/mol. The summed E-state index contributed by atoms with van der Waals surface area (Å²) in [4.78, 5) is 41.2. The SMILES string of the molecule is Cn1c(=O)c2c(ccn2CC(=O)Nc2nc(-c3ccc(F)c(OCC(F)(F)F)c3F)cs2)n(C)c1=O. The molecule has 0 bridgehead atoms. The Morgan fingerprint density at radius 2 is 1.86 bits per heavy atom. The van der Waals surface area contributed by atoms with Crippen molar-refractivity contribution in [1.29, 1.82) is 0 Å². The maximum atomic E-state index is 14.7. The quantitative estimate of drug-likeness (QED) is 0.387. The fourth-order valence-corrected chi connectivity index (χ4v) is 4.18. The molecule has 0 aliphatic carbocycles. The lowest BCUT2D eigenvalue weighted by Gasteiger charge is -2.12. The second-order valence-electron chi connectivity index (χ2n) is 7.61. The highest BCUT2D eigenvalue weighted by atomic mass is 32.1. The van der Waals surface area contributed by atoms with Gasteiger partial charge >= 0.3 is 11.9 Å². The van der Waals surface area contributed by atoms with Gasteiger partial charge in [0.05, 0.1) is 11.2 Å². The molecule has 0 fully saturated rings. The van der Waals surface area contributed by atoms with Gasteiger partial charge in [0.1, 0.15) is 12.1 Å².